The molecule has 1 amide bonds. The lowest BCUT2D eigenvalue weighted by atomic mass is 10.2. The van der Waals surface area contributed by atoms with Gasteiger partial charge in [0.25, 0.3) is 5.56 Å². The highest BCUT2D eigenvalue weighted by Gasteiger charge is 2.12. The van der Waals surface area contributed by atoms with E-state index >= 15 is 0 Å². The molecule has 8 heteroatoms. The van der Waals surface area contributed by atoms with Crippen molar-refractivity contribution < 1.29 is 9.32 Å². The normalized spacial score (nSPS) is 10.9. The van der Waals surface area contributed by atoms with Gasteiger partial charge in [-0.25, -0.2) is 4.98 Å². The van der Waals surface area contributed by atoms with Crippen LogP contribution in [0, 0.1) is 0 Å². The minimum atomic E-state index is -0.379. The molecule has 0 bridgehead atoms. The van der Waals surface area contributed by atoms with E-state index in [4.69, 9.17) is 0 Å². The van der Waals surface area contributed by atoms with Crippen LogP contribution in [-0.2, 0) is 11.3 Å². The Kier molecular flexibility index (Phi) is 3.87. The highest BCUT2D eigenvalue weighted by atomic mass is 32.1. The highest BCUT2D eigenvalue weighted by Crippen LogP contribution is 2.30. The molecule has 3 aromatic heterocycles. The number of hydrogen-bond donors (Lipinski definition) is 1. The number of aromatic nitrogens is 3. The van der Waals surface area contributed by atoms with Gasteiger partial charge in [0.15, 0.2) is 5.82 Å². The zero-order valence-corrected chi connectivity index (χ0v) is 13.7. The van der Waals surface area contributed by atoms with Crippen LogP contribution in [-0.4, -0.2) is 20.6 Å². The van der Waals surface area contributed by atoms with Crippen molar-refractivity contribution in [3.63, 3.8) is 0 Å². The maximum atomic E-state index is 12.6. The van der Waals surface area contributed by atoms with E-state index in [1.54, 1.807) is 0 Å². The quantitative estimate of drug-likeness (QED) is 0.610. The first-order chi connectivity index (χ1) is 12.2. The molecule has 0 radical (unpaired) electrons. The lowest BCUT2D eigenvalue weighted by Crippen LogP contribution is -2.27. The average molecular weight is 352 g/mol. The first-order valence-electron chi connectivity index (χ1n) is 7.45. The first kappa shape index (κ1) is 15.3. The summed E-state index contributed by atoms with van der Waals surface area (Å²) in [7, 11) is 0. The second kappa shape index (κ2) is 6.33. The summed E-state index contributed by atoms with van der Waals surface area (Å²) < 4.78 is 5.92. The van der Waals surface area contributed by atoms with Crippen LogP contribution in [0.15, 0.2) is 64.4 Å². The van der Waals surface area contributed by atoms with Crippen LogP contribution in [0.5, 0.6) is 0 Å². The van der Waals surface area contributed by atoms with Crippen LogP contribution in [0.4, 0.5) is 5.82 Å². The van der Waals surface area contributed by atoms with Crippen molar-refractivity contribution in [2.24, 2.45) is 0 Å². The van der Waals surface area contributed by atoms with E-state index in [9.17, 15) is 9.59 Å². The van der Waals surface area contributed by atoms with Crippen molar-refractivity contribution >= 4 is 33.3 Å². The molecule has 0 spiro atoms. The monoisotopic (exact) mass is 352 g/mol. The standard InChI is InChI=1S/C17H12N4O3S/c22-15(19-14-6-7-24-20-14)9-21-10-18-16-12(17(21)23)8-13(25-16)11-4-2-1-3-5-11/h1-8,10H,9H2,(H,19,20,22). The van der Waals surface area contributed by atoms with Gasteiger partial charge in [0.1, 0.15) is 17.6 Å². The lowest BCUT2D eigenvalue weighted by molar-refractivity contribution is -0.116. The Morgan fingerprint density at radius 1 is 1.24 bits per heavy atom. The van der Waals surface area contributed by atoms with E-state index in [1.807, 2.05) is 36.4 Å². The van der Waals surface area contributed by atoms with E-state index in [0.717, 1.165) is 10.4 Å². The van der Waals surface area contributed by atoms with E-state index in [1.165, 1.54) is 34.6 Å². The Bertz CT molecular complexity index is 1080. The zero-order chi connectivity index (χ0) is 17.2. The van der Waals surface area contributed by atoms with Gasteiger partial charge in [-0.1, -0.05) is 35.5 Å². The smallest absolute Gasteiger partial charge is 0.262 e. The number of hydrogen-bond acceptors (Lipinski definition) is 6. The molecule has 0 aliphatic rings. The Labute approximate surface area is 145 Å². The molecule has 0 saturated carbocycles. The number of anilines is 1. The molecule has 124 valence electrons. The van der Waals surface area contributed by atoms with Crippen molar-refractivity contribution in [1.29, 1.82) is 0 Å². The summed E-state index contributed by atoms with van der Waals surface area (Å²) in [4.78, 5) is 30.6. The fourth-order valence-corrected chi connectivity index (χ4v) is 3.43. The number of thiophene rings is 1. The number of carbonyl (C=O) groups is 1. The van der Waals surface area contributed by atoms with Crippen LogP contribution in [0.1, 0.15) is 0 Å². The number of benzene rings is 1. The number of rotatable bonds is 4. The summed E-state index contributed by atoms with van der Waals surface area (Å²) in [5.41, 5.74) is 0.777. The molecule has 1 N–H and O–H groups in total. The largest absolute Gasteiger partial charge is 0.363 e. The minimum Gasteiger partial charge on any atom is -0.363 e. The Hall–Kier alpha value is -3.26. The van der Waals surface area contributed by atoms with Gasteiger partial charge < -0.3 is 9.84 Å². The van der Waals surface area contributed by atoms with Crippen LogP contribution in [0.25, 0.3) is 20.7 Å². The third-order valence-corrected chi connectivity index (χ3v) is 4.69. The second-order valence-corrected chi connectivity index (χ2v) is 6.34. The molecule has 0 atom stereocenters. The predicted molar refractivity (Wildman–Crippen MR) is 94.4 cm³/mol. The molecule has 3 heterocycles. The van der Waals surface area contributed by atoms with E-state index in [2.05, 4.69) is 20.0 Å². The molecule has 4 rings (SSSR count). The third kappa shape index (κ3) is 3.07. The van der Waals surface area contributed by atoms with Gasteiger partial charge in [-0.15, -0.1) is 11.3 Å². The Balaban J connectivity index is 1.64. The zero-order valence-electron chi connectivity index (χ0n) is 12.9. The van der Waals surface area contributed by atoms with Gasteiger partial charge in [0.2, 0.25) is 5.91 Å². The molecular weight excluding hydrogens is 340 g/mol. The average Bonchev–Trinajstić information content (AvgIpc) is 3.28. The SMILES string of the molecule is O=C(Cn1cnc2sc(-c3ccccc3)cc2c1=O)Nc1ccon1. The summed E-state index contributed by atoms with van der Waals surface area (Å²) in [5, 5.41) is 6.65. The van der Waals surface area contributed by atoms with Crippen molar-refractivity contribution in [2.75, 3.05) is 5.32 Å². The molecule has 7 nitrogen and oxygen atoms in total. The van der Waals surface area contributed by atoms with E-state index in [0.29, 0.717) is 16.0 Å². The number of nitrogens with one attached hydrogen (secondary N) is 1. The first-order valence-corrected chi connectivity index (χ1v) is 8.27. The van der Waals surface area contributed by atoms with Gasteiger partial charge in [-0.3, -0.25) is 14.2 Å². The molecule has 0 fully saturated rings. The molecule has 25 heavy (non-hydrogen) atoms. The summed E-state index contributed by atoms with van der Waals surface area (Å²) in [6.45, 7) is -0.148. The van der Waals surface area contributed by atoms with Crippen LogP contribution >= 0.6 is 11.3 Å². The molecule has 0 unspecified atom stereocenters. The van der Waals surface area contributed by atoms with E-state index < -0.39 is 0 Å². The number of fused-ring (bicyclic) bond motifs is 1. The third-order valence-electron chi connectivity index (χ3n) is 3.60. The number of amides is 1. The van der Waals surface area contributed by atoms with Crippen LogP contribution in [0.3, 0.4) is 0 Å². The van der Waals surface area contributed by atoms with Gasteiger partial charge in [-0.2, -0.15) is 0 Å². The van der Waals surface area contributed by atoms with Crippen molar-refractivity contribution in [3.05, 3.63) is 65.4 Å². The van der Waals surface area contributed by atoms with Gasteiger partial charge in [-0.05, 0) is 11.6 Å². The van der Waals surface area contributed by atoms with Gasteiger partial charge in [0, 0.05) is 10.9 Å². The van der Waals surface area contributed by atoms with E-state index in [-0.39, 0.29) is 18.0 Å². The van der Waals surface area contributed by atoms with Gasteiger partial charge in [0.05, 0.1) is 11.7 Å². The fraction of sp³-hybridized carbons (Fsp3) is 0.0588. The molecule has 0 aliphatic heterocycles. The van der Waals surface area contributed by atoms with Gasteiger partial charge >= 0.3 is 0 Å². The van der Waals surface area contributed by atoms with Crippen LogP contribution < -0.4 is 10.9 Å². The fourth-order valence-electron chi connectivity index (χ4n) is 2.43. The molecule has 0 aliphatic carbocycles. The summed E-state index contributed by atoms with van der Waals surface area (Å²) >= 11 is 1.45. The van der Waals surface area contributed by atoms with Crippen molar-refractivity contribution in [1.82, 2.24) is 14.7 Å². The number of nitrogens with zero attached hydrogens (tertiary/aromatic N) is 3. The summed E-state index contributed by atoms with van der Waals surface area (Å²) in [6.07, 6.45) is 2.74. The van der Waals surface area contributed by atoms with Crippen molar-refractivity contribution in [2.45, 2.75) is 6.54 Å². The maximum Gasteiger partial charge on any atom is 0.262 e. The summed E-state index contributed by atoms with van der Waals surface area (Å²) in [6, 6.07) is 13.1. The molecule has 4 aromatic rings. The van der Waals surface area contributed by atoms with Crippen LogP contribution in [0.2, 0.25) is 0 Å². The Morgan fingerprint density at radius 2 is 2.08 bits per heavy atom. The highest BCUT2D eigenvalue weighted by molar-refractivity contribution is 7.21. The lowest BCUT2D eigenvalue weighted by Gasteiger charge is -2.04. The summed E-state index contributed by atoms with van der Waals surface area (Å²) in [5.74, 6) is -0.0790. The molecule has 0 saturated heterocycles. The maximum absolute atomic E-state index is 12.6. The molecule has 1 aromatic carbocycles. The second-order valence-electron chi connectivity index (χ2n) is 5.31. The molecular formula is C17H12N4O3S. The Morgan fingerprint density at radius 3 is 2.84 bits per heavy atom. The predicted octanol–water partition coefficient (Wildman–Crippen LogP) is 2.75. The minimum absolute atomic E-state index is 0.148. The van der Waals surface area contributed by atoms with Crippen molar-refractivity contribution in [3.8, 4) is 10.4 Å². The number of carbonyl (C=O) groups excluding carboxylic acids is 1. The topological polar surface area (TPSA) is 90.0 Å².